The van der Waals surface area contributed by atoms with Crippen LogP contribution in [-0.2, 0) is 11.0 Å². The van der Waals surface area contributed by atoms with Crippen LogP contribution >= 0.6 is 0 Å². The molecule has 1 aromatic rings. The van der Waals surface area contributed by atoms with E-state index in [1.54, 1.807) is 10.8 Å². The van der Waals surface area contributed by atoms with E-state index < -0.39 is 0 Å². The van der Waals surface area contributed by atoms with Gasteiger partial charge in [0.1, 0.15) is 0 Å². The molecule has 1 aromatic heterocycles. The Bertz CT molecular complexity index is 405. The van der Waals surface area contributed by atoms with Gasteiger partial charge in [-0.2, -0.15) is 0 Å². The van der Waals surface area contributed by atoms with Crippen molar-refractivity contribution in [3.8, 4) is 0 Å². The molecular weight excluding hydrogens is 188 g/mol. The minimum absolute atomic E-state index is 0.0215. The van der Waals surface area contributed by atoms with Crippen molar-refractivity contribution in [3.63, 3.8) is 0 Å². The minimum Gasteiger partial charge on any atom is -0.294 e. The number of hydrogen-bond acceptors (Lipinski definition) is 2. The molecule has 0 radical (unpaired) electrons. The maximum Gasteiger partial charge on any atom is 0.348 e. The molecule has 84 valence electrons. The summed E-state index contributed by atoms with van der Waals surface area (Å²) in [6, 6.07) is 0. The molecule has 0 saturated heterocycles. The molecule has 0 unspecified atom stereocenters. The van der Waals surface area contributed by atoms with Crippen LogP contribution in [0.1, 0.15) is 47.1 Å². The van der Waals surface area contributed by atoms with Gasteiger partial charge in [-0.3, -0.25) is 4.57 Å². The van der Waals surface area contributed by atoms with E-state index in [0.29, 0.717) is 0 Å². The lowest BCUT2D eigenvalue weighted by atomic mass is 9.89. The normalized spacial score (nSPS) is 12.9. The zero-order valence-electron chi connectivity index (χ0n) is 10.5. The Labute approximate surface area is 91.2 Å². The zero-order valence-corrected chi connectivity index (χ0v) is 10.5. The Hall–Kier alpha value is -1.12. The third kappa shape index (κ3) is 2.67. The highest BCUT2D eigenvalue weighted by molar-refractivity contribution is 5.15. The van der Waals surface area contributed by atoms with E-state index in [2.05, 4.69) is 25.8 Å². The standard InChI is InChI=1S/C12H20N2O/c1-11(2,3)9-7-13-10(15)14(8-9)12(4,5)6/h7-8H,1-6H3. The molecule has 15 heavy (non-hydrogen) atoms. The third-order valence-electron chi connectivity index (χ3n) is 2.38. The van der Waals surface area contributed by atoms with Gasteiger partial charge in [0.2, 0.25) is 0 Å². The largest absolute Gasteiger partial charge is 0.348 e. The molecule has 0 bridgehead atoms. The second kappa shape index (κ2) is 3.47. The Kier molecular flexibility index (Phi) is 2.77. The van der Waals surface area contributed by atoms with E-state index in [1.165, 1.54) is 0 Å². The predicted molar refractivity (Wildman–Crippen MR) is 62.2 cm³/mol. The smallest absolute Gasteiger partial charge is 0.294 e. The lowest BCUT2D eigenvalue weighted by Crippen LogP contribution is -2.36. The van der Waals surface area contributed by atoms with Crippen molar-refractivity contribution < 1.29 is 0 Å². The van der Waals surface area contributed by atoms with Gasteiger partial charge in [0.15, 0.2) is 0 Å². The fourth-order valence-electron chi connectivity index (χ4n) is 1.28. The molecule has 3 nitrogen and oxygen atoms in total. The van der Waals surface area contributed by atoms with Crippen LogP contribution in [0.3, 0.4) is 0 Å². The van der Waals surface area contributed by atoms with Crippen molar-refractivity contribution in [1.82, 2.24) is 9.55 Å². The van der Waals surface area contributed by atoms with Crippen LogP contribution in [0.25, 0.3) is 0 Å². The van der Waals surface area contributed by atoms with Crippen LogP contribution in [0.5, 0.6) is 0 Å². The Morgan fingerprint density at radius 3 is 2.07 bits per heavy atom. The van der Waals surface area contributed by atoms with Crippen molar-refractivity contribution in [2.45, 2.75) is 52.5 Å². The average Bonchev–Trinajstić information content (AvgIpc) is 2.00. The molecule has 1 rings (SSSR count). The van der Waals surface area contributed by atoms with Crippen molar-refractivity contribution >= 4 is 0 Å². The highest BCUT2D eigenvalue weighted by Crippen LogP contribution is 2.21. The molecule has 0 fully saturated rings. The minimum atomic E-state index is -0.217. The first-order valence-corrected chi connectivity index (χ1v) is 5.22. The Balaban J connectivity index is 3.37. The van der Waals surface area contributed by atoms with Crippen molar-refractivity contribution in [1.29, 1.82) is 0 Å². The molecule has 0 aliphatic heterocycles. The summed E-state index contributed by atoms with van der Waals surface area (Å²) in [4.78, 5) is 15.5. The number of hydrogen-bond donors (Lipinski definition) is 0. The number of nitrogens with zero attached hydrogens (tertiary/aromatic N) is 2. The van der Waals surface area contributed by atoms with Gasteiger partial charge >= 0.3 is 5.69 Å². The topological polar surface area (TPSA) is 34.9 Å². The SMILES string of the molecule is CC(C)(C)c1cnc(=O)n(C(C)(C)C)c1. The number of rotatable bonds is 0. The lowest BCUT2D eigenvalue weighted by molar-refractivity contribution is 0.372. The van der Waals surface area contributed by atoms with Gasteiger partial charge in [0.05, 0.1) is 0 Å². The van der Waals surface area contributed by atoms with Gasteiger partial charge in [-0.25, -0.2) is 9.78 Å². The quantitative estimate of drug-likeness (QED) is 0.655. The maximum atomic E-state index is 11.6. The van der Waals surface area contributed by atoms with E-state index in [-0.39, 0.29) is 16.6 Å². The molecule has 0 atom stereocenters. The van der Waals surface area contributed by atoms with E-state index in [9.17, 15) is 4.79 Å². The molecule has 0 aliphatic rings. The van der Waals surface area contributed by atoms with Gasteiger partial charge in [-0.05, 0) is 31.7 Å². The molecule has 3 heteroatoms. The zero-order chi connectivity index (χ0) is 11.9. The average molecular weight is 208 g/mol. The summed E-state index contributed by atoms with van der Waals surface area (Å²) in [5.41, 5.74) is 0.700. The third-order valence-corrected chi connectivity index (χ3v) is 2.38. The highest BCUT2D eigenvalue weighted by atomic mass is 16.1. The van der Waals surface area contributed by atoms with E-state index in [0.717, 1.165) is 5.56 Å². The summed E-state index contributed by atoms with van der Waals surface area (Å²) in [6.07, 6.45) is 3.58. The van der Waals surface area contributed by atoms with Gasteiger partial charge in [-0.15, -0.1) is 0 Å². The molecule has 0 aliphatic carbocycles. The second-order valence-electron chi connectivity index (χ2n) is 5.92. The van der Waals surface area contributed by atoms with Crippen LogP contribution < -0.4 is 5.69 Å². The van der Waals surface area contributed by atoms with Gasteiger partial charge in [0, 0.05) is 17.9 Å². The summed E-state index contributed by atoms with van der Waals surface area (Å²) in [5.74, 6) is 0. The number of aromatic nitrogens is 2. The summed E-state index contributed by atoms with van der Waals surface area (Å²) >= 11 is 0. The molecule has 0 saturated carbocycles. The second-order valence-corrected chi connectivity index (χ2v) is 5.92. The Morgan fingerprint density at radius 2 is 1.67 bits per heavy atom. The van der Waals surface area contributed by atoms with Crippen LogP contribution in [0, 0.1) is 0 Å². The first-order chi connectivity index (χ1) is 6.62. The first kappa shape index (κ1) is 12.0. The molecule has 0 N–H and O–H groups in total. The molecular formula is C12H20N2O. The van der Waals surface area contributed by atoms with Crippen LogP contribution in [0.2, 0.25) is 0 Å². The summed E-state index contributed by atoms with van der Waals surface area (Å²) in [5, 5.41) is 0. The van der Waals surface area contributed by atoms with Crippen molar-refractivity contribution in [3.05, 3.63) is 28.4 Å². The monoisotopic (exact) mass is 208 g/mol. The summed E-state index contributed by atoms with van der Waals surface area (Å²) < 4.78 is 1.69. The summed E-state index contributed by atoms with van der Waals surface area (Å²) in [6.45, 7) is 12.3. The van der Waals surface area contributed by atoms with Gasteiger partial charge < -0.3 is 0 Å². The fraction of sp³-hybridized carbons (Fsp3) is 0.667. The first-order valence-electron chi connectivity index (χ1n) is 5.22. The highest BCUT2D eigenvalue weighted by Gasteiger charge is 2.20. The van der Waals surface area contributed by atoms with Crippen molar-refractivity contribution in [2.75, 3.05) is 0 Å². The van der Waals surface area contributed by atoms with E-state index in [4.69, 9.17) is 0 Å². The van der Waals surface area contributed by atoms with Crippen molar-refractivity contribution in [2.24, 2.45) is 0 Å². The molecule has 0 amide bonds. The van der Waals surface area contributed by atoms with Crippen LogP contribution in [0.15, 0.2) is 17.2 Å². The maximum absolute atomic E-state index is 11.6. The fourth-order valence-corrected chi connectivity index (χ4v) is 1.28. The molecule has 0 spiro atoms. The predicted octanol–water partition coefficient (Wildman–Crippen LogP) is 2.30. The molecule has 1 heterocycles. The van der Waals surface area contributed by atoms with Gasteiger partial charge in [-0.1, -0.05) is 20.8 Å². The Morgan fingerprint density at radius 1 is 1.13 bits per heavy atom. The van der Waals surface area contributed by atoms with E-state index in [1.807, 2.05) is 27.0 Å². The summed E-state index contributed by atoms with van der Waals surface area (Å²) in [7, 11) is 0. The molecule has 0 aromatic carbocycles. The lowest BCUT2D eigenvalue weighted by Gasteiger charge is -2.25. The van der Waals surface area contributed by atoms with E-state index >= 15 is 0 Å². The van der Waals surface area contributed by atoms with Crippen LogP contribution in [0.4, 0.5) is 0 Å². The van der Waals surface area contributed by atoms with Crippen LogP contribution in [-0.4, -0.2) is 9.55 Å². The van der Waals surface area contributed by atoms with Gasteiger partial charge in [0.25, 0.3) is 0 Å².